The van der Waals surface area contributed by atoms with Gasteiger partial charge < -0.3 is 15.5 Å². The molecule has 1 aliphatic rings. The molecule has 0 aromatic carbocycles. The first-order chi connectivity index (χ1) is 9.28. The van der Waals surface area contributed by atoms with Gasteiger partial charge in [0.05, 0.1) is 0 Å². The number of piperidine rings is 1. The fourth-order valence-corrected chi connectivity index (χ4v) is 2.63. The Labute approximate surface area is 115 Å². The molecular formula is C14H25N5. The van der Waals surface area contributed by atoms with Crippen molar-refractivity contribution in [2.24, 2.45) is 11.7 Å². The van der Waals surface area contributed by atoms with Gasteiger partial charge in [0.1, 0.15) is 18.0 Å². The van der Waals surface area contributed by atoms with Crippen LogP contribution in [0.25, 0.3) is 0 Å². The van der Waals surface area contributed by atoms with Crippen molar-refractivity contribution in [3.05, 3.63) is 12.4 Å². The number of rotatable bonds is 5. The molecule has 0 amide bonds. The van der Waals surface area contributed by atoms with Crippen molar-refractivity contribution < 1.29 is 0 Å². The highest BCUT2D eigenvalue weighted by atomic mass is 15.2. The van der Waals surface area contributed by atoms with Crippen LogP contribution in [0.5, 0.6) is 0 Å². The molecular weight excluding hydrogens is 238 g/mol. The third-order valence-corrected chi connectivity index (χ3v) is 4.00. The molecule has 0 radical (unpaired) electrons. The topological polar surface area (TPSA) is 58.3 Å². The van der Waals surface area contributed by atoms with Crippen molar-refractivity contribution in [3.63, 3.8) is 0 Å². The molecule has 1 aromatic heterocycles. The standard InChI is InChI=1S/C14H25N5/c1-3-18(4-2)13-9-14(17-11-16-13)19-7-5-12(10-15)6-8-19/h9,11-12H,3-8,10,15H2,1-2H3. The second-order valence-electron chi connectivity index (χ2n) is 5.07. The third kappa shape index (κ3) is 3.35. The highest BCUT2D eigenvalue weighted by molar-refractivity contribution is 5.50. The van der Waals surface area contributed by atoms with Gasteiger partial charge >= 0.3 is 0 Å². The summed E-state index contributed by atoms with van der Waals surface area (Å²) in [6.07, 6.45) is 4.01. The van der Waals surface area contributed by atoms with E-state index in [-0.39, 0.29) is 0 Å². The Morgan fingerprint density at radius 2 is 1.95 bits per heavy atom. The number of aromatic nitrogens is 2. The lowest BCUT2D eigenvalue weighted by molar-refractivity contribution is 0.413. The molecule has 1 fully saturated rings. The fourth-order valence-electron chi connectivity index (χ4n) is 2.63. The number of nitrogens with two attached hydrogens (primary N) is 1. The van der Waals surface area contributed by atoms with Gasteiger partial charge in [-0.15, -0.1) is 0 Å². The summed E-state index contributed by atoms with van der Waals surface area (Å²) in [6.45, 7) is 9.16. The maximum absolute atomic E-state index is 5.74. The summed E-state index contributed by atoms with van der Waals surface area (Å²) in [6, 6.07) is 2.11. The smallest absolute Gasteiger partial charge is 0.134 e. The van der Waals surface area contributed by atoms with E-state index in [2.05, 4.69) is 39.7 Å². The number of anilines is 2. The zero-order valence-electron chi connectivity index (χ0n) is 12.0. The monoisotopic (exact) mass is 263 g/mol. The normalized spacial score (nSPS) is 16.7. The van der Waals surface area contributed by atoms with E-state index in [1.54, 1.807) is 6.33 Å². The van der Waals surface area contributed by atoms with Gasteiger partial charge in [0.2, 0.25) is 0 Å². The molecule has 1 aromatic rings. The van der Waals surface area contributed by atoms with E-state index in [1.165, 1.54) is 12.8 Å². The summed E-state index contributed by atoms with van der Waals surface area (Å²) in [4.78, 5) is 13.4. The summed E-state index contributed by atoms with van der Waals surface area (Å²) < 4.78 is 0. The minimum absolute atomic E-state index is 0.681. The highest BCUT2D eigenvalue weighted by Crippen LogP contribution is 2.23. The quantitative estimate of drug-likeness (QED) is 0.872. The molecule has 19 heavy (non-hydrogen) atoms. The van der Waals surface area contributed by atoms with Crippen molar-refractivity contribution in [1.82, 2.24) is 9.97 Å². The van der Waals surface area contributed by atoms with Gasteiger partial charge in [-0.1, -0.05) is 0 Å². The minimum Gasteiger partial charge on any atom is -0.357 e. The van der Waals surface area contributed by atoms with Gasteiger partial charge in [-0.25, -0.2) is 9.97 Å². The predicted octanol–water partition coefficient (Wildman–Crippen LogP) is 1.50. The van der Waals surface area contributed by atoms with E-state index in [1.807, 2.05) is 0 Å². The molecule has 0 spiro atoms. The van der Waals surface area contributed by atoms with Gasteiger partial charge in [0.25, 0.3) is 0 Å². The van der Waals surface area contributed by atoms with Crippen LogP contribution in [0, 0.1) is 5.92 Å². The minimum atomic E-state index is 0.681. The zero-order chi connectivity index (χ0) is 13.7. The summed E-state index contributed by atoms with van der Waals surface area (Å²) >= 11 is 0. The second-order valence-corrected chi connectivity index (χ2v) is 5.07. The fraction of sp³-hybridized carbons (Fsp3) is 0.714. The van der Waals surface area contributed by atoms with Crippen molar-refractivity contribution in [2.75, 3.05) is 42.5 Å². The van der Waals surface area contributed by atoms with Crippen LogP contribution in [0.2, 0.25) is 0 Å². The lowest BCUT2D eigenvalue weighted by Crippen LogP contribution is -2.36. The second kappa shape index (κ2) is 6.70. The van der Waals surface area contributed by atoms with Crippen molar-refractivity contribution in [3.8, 4) is 0 Å². The van der Waals surface area contributed by atoms with Crippen LogP contribution in [0.15, 0.2) is 12.4 Å². The summed E-state index contributed by atoms with van der Waals surface area (Å²) in [5.74, 6) is 2.75. The van der Waals surface area contributed by atoms with Crippen molar-refractivity contribution in [2.45, 2.75) is 26.7 Å². The average Bonchev–Trinajstić information content (AvgIpc) is 2.49. The van der Waals surface area contributed by atoms with E-state index in [4.69, 9.17) is 5.73 Å². The van der Waals surface area contributed by atoms with Crippen LogP contribution in [0.3, 0.4) is 0 Å². The largest absolute Gasteiger partial charge is 0.357 e. The molecule has 2 N–H and O–H groups in total. The number of hydrogen-bond donors (Lipinski definition) is 1. The van der Waals surface area contributed by atoms with Crippen LogP contribution in [-0.2, 0) is 0 Å². The molecule has 5 nitrogen and oxygen atoms in total. The summed E-state index contributed by atoms with van der Waals surface area (Å²) in [5, 5.41) is 0. The van der Waals surface area contributed by atoms with Crippen LogP contribution in [0.1, 0.15) is 26.7 Å². The zero-order valence-corrected chi connectivity index (χ0v) is 12.0. The Morgan fingerprint density at radius 1 is 1.26 bits per heavy atom. The first-order valence-corrected chi connectivity index (χ1v) is 7.30. The molecule has 0 bridgehead atoms. The molecule has 2 rings (SSSR count). The first kappa shape index (κ1) is 14.1. The van der Waals surface area contributed by atoms with E-state index in [9.17, 15) is 0 Å². The molecule has 2 heterocycles. The Morgan fingerprint density at radius 3 is 2.53 bits per heavy atom. The Kier molecular flexibility index (Phi) is 4.96. The average molecular weight is 263 g/mol. The van der Waals surface area contributed by atoms with E-state index < -0.39 is 0 Å². The Hall–Kier alpha value is -1.36. The third-order valence-electron chi connectivity index (χ3n) is 4.00. The lowest BCUT2D eigenvalue weighted by atomic mass is 9.97. The molecule has 0 atom stereocenters. The van der Waals surface area contributed by atoms with Crippen LogP contribution >= 0.6 is 0 Å². The van der Waals surface area contributed by atoms with Gasteiger partial charge in [-0.05, 0) is 39.2 Å². The van der Waals surface area contributed by atoms with Crippen molar-refractivity contribution in [1.29, 1.82) is 0 Å². The Bertz CT molecular complexity index is 383. The SMILES string of the molecule is CCN(CC)c1cc(N2CCC(CN)CC2)ncn1. The van der Waals surface area contributed by atoms with E-state index in [0.717, 1.165) is 44.4 Å². The van der Waals surface area contributed by atoms with E-state index >= 15 is 0 Å². The predicted molar refractivity (Wildman–Crippen MR) is 79.6 cm³/mol. The lowest BCUT2D eigenvalue weighted by Gasteiger charge is -2.32. The van der Waals surface area contributed by atoms with Crippen LogP contribution in [0.4, 0.5) is 11.6 Å². The first-order valence-electron chi connectivity index (χ1n) is 7.30. The number of nitrogens with zero attached hydrogens (tertiary/aromatic N) is 4. The van der Waals surface area contributed by atoms with Crippen LogP contribution in [-0.4, -0.2) is 42.7 Å². The Balaban J connectivity index is 2.07. The van der Waals surface area contributed by atoms with Crippen molar-refractivity contribution >= 4 is 11.6 Å². The maximum atomic E-state index is 5.74. The molecule has 0 aliphatic carbocycles. The van der Waals surface area contributed by atoms with Gasteiger partial charge in [-0.2, -0.15) is 0 Å². The van der Waals surface area contributed by atoms with Crippen LogP contribution < -0.4 is 15.5 Å². The highest BCUT2D eigenvalue weighted by Gasteiger charge is 2.19. The molecule has 1 saturated heterocycles. The molecule has 106 valence electrons. The number of hydrogen-bond acceptors (Lipinski definition) is 5. The van der Waals surface area contributed by atoms with E-state index in [0.29, 0.717) is 5.92 Å². The van der Waals surface area contributed by atoms with Gasteiger partial charge in [0.15, 0.2) is 0 Å². The summed E-state index contributed by atoms with van der Waals surface area (Å²) in [5.41, 5.74) is 5.74. The summed E-state index contributed by atoms with van der Waals surface area (Å²) in [7, 11) is 0. The molecule has 0 unspecified atom stereocenters. The van der Waals surface area contributed by atoms with Gasteiger partial charge in [0, 0.05) is 32.2 Å². The maximum Gasteiger partial charge on any atom is 0.134 e. The van der Waals surface area contributed by atoms with Gasteiger partial charge in [-0.3, -0.25) is 0 Å². The molecule has 0 saturated carbocycles. The molecule has 1 aliphatic heterocycles. The molecule has 5 heteroatoms.